The Hall–Kier alpha value is -3.90. The van der Waals surface area contributed by atoms with E-state index in [0.29, 0.717) is 0 Å². The van der Waals surface area contributed by atoms with Gasteiger partial charge in [-0.15, -0.1) is 0 Å². The van der Waals surface area contributed by atoms with Crippen molar-refractivity contribution < 1.29 is 23.1 Å². The second-order valence-electron chi connectivity index (χ2n) is 7.04. The number of ether oxygens (including phenoxy) is 1. The van der Waals surface area contributed by atoms with Gasteiger partial charge in [0.2, 0.25) is 5.91 Å². The smallest absolute Gasteiger partial charge is 0.346 e. The summed E-state index contributed by atoms with van der Waals surface area (Å²) in [5, 5.41) is 8.77. The topological polar surface area (TPSA) is 98.1 Å². The Morgan fingerprint density at radius 3 is 2.52 bits per heavy atom. The zero-order valence-electron chi connectivity index (χ0n) is 17.3. The third-order valence-corrected chi connectivity index (χ3v) is 6.39. The lowest BCUT2D eigenvalue weighted by molar-refractivity contribution is -0.135. The normalized spacial score (nSPS) is 15.8. The largest absolute Gasteiger partial charge is 0.462 e. The van der Waals surface area contributed by atoms with Gasteiger partial charge in [0.25, 0.3) is 0 Å². The number of hydrogen-bond donors (Lipinski definition) is 1. The van der Waals surface area contributed by atoms with Crippen LogP contribution in [0.5, 0.6) is 0 Å². The molecule has 6 nitrogen and oxygen atoms in total. The number of anilines is 1. The molecule has 1 aliphatic rings. The van der Waals surface area contributed by atoms with Crippen molar-refractivity contribution in [1.82, 2.24) is 4.57 Å². The molecule has 0 unspecified atom stereocenters. The van der Waals surface area contributed by atoms with Crippen molar-refractivity contribution in [2.75, 3.05) is 12.3 Å². The van der Waals surface area contributed by atoms with Gasteiger partial charge >= 0.3 is 5.97 Å². The highest BCUT2D eigenvalue weighted by molar-refractivity contribution is 8.10. The summed E-state index contributed by atoms with van der Waals surface area (Å²) in [5.74, 6) is -2.59. The summed E-state index contributed by atoms with van der Waals surface area (Å²) < 4.78 is 35.1. The number of nitriles is 1. The van der Waals surface area contributed by atoms with Crippen LogP contribution < -0.4 is 16.3 Å². The fraction of sp³-hybridized carbons (Fsp3) is 0.125. The molecule has 0 bridgehead atoms. The van der Waals surface area contributed by atoms with Gasteiger partial charge in [-0.25, -0.2) is 13.6 Å². The van der Waals surface area contributed by atoms with Crippen LogP contribution in [0.3, 0.4) is 0 Å². The van der Waals surface area contributed by atoms with Crippen LogP contribution in [0.25, 0.3) is 11.0 Å². The summed E-state index contributed by atoms with van der Waals surface area (Å²) in [4.78, 5) is 26.3. The first kappa shape index (κ1) is 22.3. The van der Waals surface area contributed by atoms with Crippen LogP contribution in [-0.4, -0.2) is 23.1 Å². The number of thioether (sulfide) groups is 1. The minimum absolute atomic E-state index is 0.0216. The van der Waals surface area contributed by atoms with Gasteiger partial charge < -0.3 is 10.5 Å². The van der Waals surface area contributed by atoms with Gasteiger partial charge in [-0.1, -0.05) is 48.2 Å². The summed E-state index contributed by atoms with van der Waals surface area (Å²) in [5.41, 5.74) is 6.09. The number of hydrogen-bond acceptors (Lipinski definition) is 6. The second kappa shape index (κ2) is 8.92. The number of nitrogens with two attached hydrogens (primary N) is 1. The number of rotatable bonds is 4. The van der Waals surface area contributed by atoms with Crippen molar-refractivity contribution in [3.63, 3.8) is 0 Å². The number of esters is 1. The average Bonchev–Trinajstić information content (AvgIpc) is 3.08. The summed E-state index contributed by atoms with van der Waals surface area (Å²) in [6.07, 6.45) is 1.37. The molecule has 1 atom stereocenters. The number of nitrogen functional groups attached to an aromatic ring is 1. The van der Waals surface area contributed by atoms with E-state index in [1.54, 1.807) is 19.1 Å². The van der Waals surface area contributed by atoms with E-state index in [4.69, 9.17) is 10.5 Å². The quantitative estimate of drug-likeness (QED) is 0.595. The van der Waals surface area contributed by atoms with Gasteiger partial charge in [-0.05, 0) is 25.1 Å². The SMILES string of the molecule is CCOC(=O)C1=c2/c(=C/c3ccccc3F)c(N)c(C#N)n2C(=O)[C@H](c2ccccc2F)S1. The molecule has 1 aliphatic heterocycles. The molecule has 1 aromatic heterocycles. The number of benzene rings is 2. The first-order chi connectivity index (χ1) is 15.9. The van der Waals surface area contributed by atoms with Gasteiger partial charge in [-0.3, -0.25) is 9.36 Å². The molecule has 0 fully saturated rings. The fourth-order valence-electron chi connectivity index (χ4n) is 3.62. The van der Waals surface area contributed by atoms with Gasteiger partial charge in [0, 0.05) is 16.3 Å². The highest BCUT2D eigenvalue weighted by atomic mass is 32.2. The Morgan fingerprint density at radius 1 is 1.21 bits per heavy atom. The van der Waals surface area contributed by atoms with Crippen LogP contribution in [0, 0.1) is 23.0 Å². The molecule has 0 radical (unpaired) electrons. The third kappa shape index (κ3) is 3.79. The Labute approximate surface area is 191 Å². The molecule has 166 valence electrons. The molecule has 0 spiro atoms. The predicted octanol–water partition coefficient (Wildman–Crippen LogP) is 2.85. The highest BCUT2D eigenvalue weighted by Gasteiger charge is 2.37. The maximum atomic E-state index is 14.6. The molecular weight excluding hydrogens is 448 g/mol. The van der Waals surface area contributed by atoms with E-state index in [-0.39, 0.29) is 44.6 Å². The van der Waals surface area contributed by atoms with Gasteiger partial charge in [0.05, 0.1) is 17.6 Å². The van der Waals surface area contributed by atoms with Crippen LogP contribution in [0.15, 0.2) is 48.5 Å². The monoisotopic (exact) mass is 465 g/mol. The molecule has 3 aromatic rings. The van der Waals surface area contributed by atoms with Crippen molar-refractivity contribution in [3.8, 4) is 6.07 Å². The number of halogens is 2. The molecule has 0 saturated heterocycles. The van der Waals surface area contributed by atoms with E-state index in [9.17, 15) is 23.6 Å². The Bertz CT molecular complexity index is 1460. The standard InChI is InChI=1S/C24H17F2N3O3S/c1-2-32-24(31)22-20-15(11-13-7-3-5-9-16(13)25)19(28)18(12-27)29(20)23(30)21(33-22)14-8-4-6-10-17(14)26/h3-11,21H,2,28H2,1H3/b15-11+/t21-/m0/s1. The molecule has 0 aliphatic carbocycles. The first-order valence-corrected chi connectivity index (χ1v) is 10.8. The van der Waals surface area contributed by atoms with Gasteiger partial charge in [0.15, 0.2) is 5.69 Å². The van der Waals surface area contributed by atoms with E-state index in [1.165, 1.54) is 42.5 Å². The maximum absolute atomic E-state index is 14.6. The molecule has 4 rings (SSSR count). The zero-order valence-corrected chi connectivity index (χ0v) is 18.2. The average molecular weight is 465 g/mol. The summed E-state index contributed by atoms with van der Waals surface area (Å²) in [6.45, 7) is 1.67. The van der Waals surface area contributed by atoms with Gasteiger partial charge in [0.1, 0.15) is 27.9 Å². The van der Waals surface area contributed by atoms with Crippen molar-refractivity contribution in [2.24, 2.45) is 0 Å². The molecule has 0 amide bonds. The zero-order chi connectivity index (χ0) is 23.7. The minimum atomic E-state index is -1.15. The van der Waals surface area contributed by atoms with Crippen molar-refractivity contribution in [2.45, 2.75) is 12.2 Å². The number of nitrogens with zero attached hydrogens (tertiary/aromatic N) is 2. The number of aromatic nitrogens is 1. The van der Waals surface area contributed by atoms with E-state index >= 15 is 0 Å². The lowest BCUT2D eigenvalue weighted by Gasteiger charge is -2.23. The molecule has 2 N–H and O–H groups in total. The number of carbonyl (C=O) groups excluding carboxylic acids is 2. The molecule has 0 saturated carbocycles. The minimum Gasteiger partial charge on any atom is -0.462 e. The Morgan fingerprint density at radius 2 is 1.88 bits per heavy atom. The van der Waals surface area contributed by atoms with Crippen LogP contribution >= 0.6 is 11.8 Å². The first-order valence-electron chi connectivity index (χ1n) is 9.92. The highest BCUT2D eigenvalue weighted by Crippen LogP contribution is 2.40. The van der Waals surface area contributed by atoms with E-state index in [1.807, 2.05) is 6.07 Å². The second-order valence-corrected chi connectivity index (χ2v) is 8.16. The Kier molecular flexibility index (Phi) is 6.03. The van der Waals surface area contributed by atoms with Crippen LogP contribution in [0.1, 0.15) is 33.8 Å². The van der Waals surface area contributed by atoms with Crippen molar-refractivity contribution in [1.29, 1.82) is 5.26 Å². The number of carbonyl (C=O) groups is 2. The van der Waals surface area contributed by atoms with E-state index < -0.39 is 28.8 Å². The lowest BCUT2D eigenvalue weighted by atomic mass is 10.1. The van der Waals surface area contributed by atoms with Crippen LogP contribution in [0.4, 0.5) is 14.5 Å². The van der Waals surface area contributed by atoms with E-state index in [0.717, 1.165) is 16.3 Å². The van der Waals surface area contributed by atoms with Crippen molar-refractivity contribution in [3.05, 3.63) is 87.6 Å². The molecule has 9 heteroatoms. The van der Waals surface area contributed by atoms with Gasteiger partial charge in [-0.2, -0.15) is 5.26 Å². The van der Waals surface area contributed by atoms with Crippen LogP contribution in [-0.2, 0) is 9.53 Å². The third-order valence-electron chi connectivity index (χ3n) is 5.10. The predicted molar refractivity (Wildman–Crippen MR) is 120 cm³/mol. The van der Waals surface area contributed by atoms with Crippen LogP contribution in [0.2, 0.25) is 0 Å². The summed E-state index contributed by atoms with van der Waals surface area (Å²) in [6, 6.07) is 13.4. The summed E-state index contributed by atoms with van der Waals surface area (Å²) in [7, 11) is 0. The lowest BCUT2D eigenvalue weighted by Crippen LogP contribution is -2.42. The summed E-state index contributed by atoms with van der Waals surface area (Å²) >= 11 is 0.812. The molecule has 2 heterocycles. The molecule has 2 aromatic carbocycles. The fourth-order valence-corrected chi connectivity index (χ4v) is 4.85. The number of fused-ring (bicyclic) bond motifs is 1. The maximum Gasteiger partial charge on any atom is 0.346 e. The van der Waals surface area contributed by atoms with E-state index in [2.05, 4.69) is 0 Å². The molecule has 33 heavy (non-hydrogen) atoms. The molecular formula is C24H17F2N3O3S. The van der Waals surface area contributed by atoms with Crippen molar-refractivity contribution >= 4 is 40.3 Å². The Balaban J connectivity index is 2.10.